The molecule has 0 atom stereocenters. The van der Waals surface area contributed by atoms with Crippen LogP contribution in [0, 0.1) is 11.6 Å². The van der Waals surface area contributed by atoms with Gasteiger partial charge in [-0.3, -0.25) is 4.79 Å². The fraction of sp³-hybridized carbons (Fsp3) is 0.364. The van der Waals surface area contributed by atoms with E-state index in [1.807, 2.05) is 0 Å². The number of benzene rings is 1. The number of primary amides is 1. The Labute approximate surface area is 103 Å². The summed E-state index contributed by atoms with van der Waals surface area (Å²) >= 11 is 0. The standard InChI is InChI=1S/C11H14F2N2O3/c12-8-3-7(4-9(13)11(8)17)5-15-1-2-18-6-10(14)16/h3-4,15,17H,1-2,5-6H2,(H2,14,16). The second-order valence-electron chi connectivity index (χ2n) is 3.60. The minimum Gasteiger partial charge on any atom is -0.503 e. The third kappa shape index (κ3) is 4.64. The van der Waals surface area contributed by atoms with E-state index in [-0.39, 0.29) is 19.8 Å². The van der Waals surface area contributed by atoms with E-state index in [0.717, 1.165) is 12.1 Å². The van der Waals surface area contributed by atoms with Crippen molar-refractivity contribution in [3.8, 4) is 5.75 Å². The Kier molecular flexibility index (Phi) is 5.47. The summed E-state index contributed by atoms with van der Waals surface area (Å²) in [6.07, 6.45) is 0. The van der Waals surface area contributed by atoms with Crippen LogP contribution in [0.25, 0.3) is 0 Å². The predicted molar refractivity (Wildman–Crippen MR) is 59.7 cm³/mol. The topological polar surface area (TPSA) is 84.6 Å². The van der Waals surface area contributed by atoms with Crippen LogP contribution in [-0.2, 0) is 16.1 Å². The van der Waals surface area contributed by atoms with Gasteiger partial charge in [-0.15, -0.1) is 0 Å². The molecule has 0 bridgehead atoms. The van der Waals surface area contributed by atoms with Gasteiger partial charge in [0.05, 0.1) is 6.61 Å². The van der Waals surface area contributed by atoms with Crippen LogP contribution >= 0.6 is 0 Å². The van der Waals surface area contributed by atoms with Crippen LogP contribution in [0.3, 0.4) is 0 Å². The van der Waals surface area contributed by atoms with Crippen LogP contribution in [0.1, 0.15) is 5.56 Å². The molecule has 0 spiro atoms. The highest BCUT2D eigenvalue weighted by Crippen LogP contribution is 2.21. The number of phenolic OH excluding ortho intramolecular Hbond substituents is 1. The first-order valence-electron chi connectivity index (χ1n) is 5.24. The number of nitrogens with one attached hydrogen (secondary N) is 1. The van der Waals surface area contributed by atoms with E-state index in [2.05, 4.69) is 5.32 Å². The average molecular weight is 260 g/mol. The van der Waals surface area contributed by atoms with E-state index in [4.69, 9.17) is 15.6 Å². The normalized spacial score (nSPS) is 10.6. The number of hydrogen-bond donors (Lipinski definition) is 3. The van der Waals surface area contributed by atoms with Gasteiger partial charge in [-0.25, -0.2) is 8.78 Å². The molecule has 0 radical (unpaired) electrons. The summed E-state index contributed by atoms with van der Waals surface area (Å²) in [5, 5.41) is 11.7. The number of ether oxygens (including phenoxy) is 1. The van der Waals surface area contributed by atoms with Gasteiger partial charge < -0.3 is 20.9 Å². The van der Waals surface area contributed by atoms with Crippen LogP contribution < -0.4 is 11.1 Å². The van der Waals surface area contributed by atoms with Crippen LogP contribution in [0.2, 0.25) is 0 Å². The van der Waals surface area contributed by atoms with Crippen LogP contribution in [0.15, 0.2) is 12.1 Å². The van der Waals surface area contributed by atoms with Crippen molar-refractivity contribution in [2.45, 2.75) is 6.54 Å². The van der Waals surface area contributed by atoms with E-state index in [1.165, 1.54) is 0 Å². The second kappa shape index (κ2) is 6.87. The van der Waals surface area contributed by atoms with Crippen molar-refractivity contribution in [2.24, 2.45) is 5.73 Å². The third-order valence-corrected chi connectivity index (χ3v) is 2.07. The Morgan fingerprint density at radius 2 is 2.00 bits per heavy atom. The molecule has 0 aliphatic heterocycles. The fourth-order valence-corrected chi connectivity index (χ4v) is 1.27. The third-order valence-electron chi connectivity index (χ3n) is 2.07. The molecule has 0 unspecified atom stereocenters. The zero-order valence-corrected chi connectivity index (χ0v) is 9.58. The molecule has 1 aromatic carbocycles. The lowest BCUT2D eigenvalue weighted by Crippen LogP contribution is -2.23. The van der Waals surface area contributed by atoms with Crippen molar-refractivity contribution >= 4 is 5.91 Å². The fourth-order valence-electron chi connectivity index (χ4n) is 1.27. The monoisotopic (exact) mass is 260 g/mol. The SMILES string of the molecule is NC(=O)COCCNCc1cc(F)c(O)c(F)c1. The molecule has 0 saturated carbocycles. The molecule has 0 fully saturated rings. The smallest absolute Gasteiger partial charge is 0.243 e. The predicted octanol–water partition coefficient (Wildman–Crippen LogP) is 0.262. The summed E-state index contributed by atoms with van der Waals surface area (Å²) in [5.74, 6) is -3.55. The maximum absolute atomic E-state index is 13.0. The lowest BCUT2D eigenvalue weighted by Gasteiger charge is -2.06. The van der Waals surface area contributed by atoms with E-state index in [1.54, 1.807) is 0 Å². The van der Waals surface area contributed by atoms with Crippen molar-refractivity contribution in [1.82, 2.24) is 5.32 Å². The first-order chi connectivity index (χ1) is 8.50. The van der Waals surface area contributed by atoms with Crippen molar-refractivity contribution in [3.05, 3.63) is 29.3 Å². The number of aromatic hydroxyl groups is 1. The minimum atomic E-state index is -1.00. The summed E-state index contributed by atoms with van der Waals surface area (Å²) in [6, 6.07) is 2.07. The van der Waals surface area contributed by atoms with Gasteiger partial charge in [-0.2, -0.15) is 0 Å². The summed E-state index contributed by atoms with van der Waals surface area (Å²) in [4.78, 5) is 10.3. The zero-order chi connectivity index (χ0) is 13.5. The molecule has 5 nitrogen and oxygen atoms in total. The highest BCUT2D eigenvalue weighted by atomic mass is 19.1. The molecule has 100 valence electrons. The van der Waals surface area contributed by atoms with Crippen molar-refractivity contribution in [1.29, 1.82) is 0 Å². The molecule has 0 aromatic heterocycles. The van der Waals surface area contributed by atoms with E-state index in [0.29, 0.717) is 12.1 Å². The number of halogens is 2. The minimum absolute atomic E-state index is 0.163. The summed E-state index contributed by atoms with van der Waals surface area (Å²) in [7, 11) is 0. The van der Waals surface area contributed by atoms with Crippen molar-refractivity contribution in [3.63, 3.8) is 0 Å². The molecule has 1 aromatic rings. The summed E-state index contributed by atoms with van der Waals surface area (Å²) < 4.78 is 30.8. The summed E-state index contributed by atoms with van der Waals surface area (Å²) in [5.41, 5.74) is 5.21. The average Bonchev–Trinajstić information content (AvgIpc) is 2.30. The molecule has 1 rings (SSSR count). The quantitative estimate of drug-likeness (QED) is 0.614. The Hall–Kier alpha value is -1.73. The number of nitrogens with two attached hydrogens (primary N) is 1. The molecule has 1 amide bonds. The second-order valence-corrected chi connectivity index (χ2v) is 3.60. The maximum atomic E-state index is 13.0. The lowest BCUT2D eigenvalue weighted by atomic mass is 10.2. The Morgan fingerprint density at radius 3 is 2.56 bits per heavy atom. The van der Waals surface area contributed by atoms with Gasteiger partial charge in [-0.05, 0) is 17.7 Å². The number of hydrogen-bond acceptors (Lipinski definition) is 4. The number of carbonyl (C=O) groups is 1. The Balaban J connectivity index is 2.29. The molecular weight excluding hydrogens is 246 g/mol. The van der Waals surface area contributed by atoms with Crippen molar-refractivity contribution in [2.75, 3.05) is 19.8 Å². The number of phenols is 1. The molecule has 0 aliphatic carbocycles. The van der Waals surface area contributed by atoms with Gasteiger partial charge >= 0.3 is 0 Å². The molecule has 4 N–H and O–H groups in total. The van der Waals surface area contributed by atoms with Gasteiger partial charge in [0.1, 0.15) is 6.61 Å². The van der Waals surface area contributed by atoms with Crippen LogP contribution in [-0.4, -0.2) is 30.8 Å². The van der Waals surface area contributed by atoms with Gasteiger partial charge in [0.15, 0.2) is 17.4 Å². The molecule has 0 heterocycles. The van der Waals surface area contributed by atoms with Crippen molar-refractivity contribution < 1.29 is 23.4 Å². The largest absolute Gasteiger partial charge is 0.503 e. The molecule has 7 heteroatoms. The molecular formula is C11H14F2N2O3. The maximum Gasteiger partial charge on any atom is 0.243 e. The number of carbonyl (C=O) groups excluding carboxylic acids is 1. The molecule has 0 saturated heterocycles. The van der Waals surface area contributed by atoms with Gasteiger partial charge in [0.25, 0.3) is 0 Å². The Morgan fingerprint density at radius 1 is 1.39 bits per heavy atom. The highest BCUT2D eigenvalue weighted by molar-refractivity contribution is 5.74. The lowest BCUT2D eigenvalue weighted by molar-refractivity contribution is -0.122. The van der Waals surface area contributed by atoms with Gasteiger partial charge in [0, 0.05) is 13.1 Å². The number of rotatable bonds is 7. The van der Waals surface area contributed by atoms with Gasteiger partial charge in [-0.1, -0.05) is 0 Å². The van der Waals surface area contributed by atoms with Crippen LogP contribution in [0.4, 0.5) is 8.78 Å². The van der Waals surface area contributed by atoms with E-state index < -0.39 is 23.3 Å². The molecule has 0 aliphatic rings. The van der Waals surface area contributed by atoms with Gasteiger partial charge in [0.2, 0.25) is 5.91 Å². The summed E-state index contributed by atoms with van der Waals surface area (Å²) in [6.45, 7) is 0.710. The highest BCUT2D eigenvalue weighted by Gasteiger charge is 2.08. The van der Waals surface area contributed by atoms with E-state index >= 15 is 0 Å². The first-order valence-corrected chi connectivity index (χ1v) is 5.24. The first kappa shape index (κ1) is 14.3. The Bertz CT molecular complexity index is 404. The number of amides is 1. The van der Waals surface area contributed by atoms with Crippen LogP contribution in [0.5, 0.6) is 5.75 Å². The zero-order valence-electron chi connectivity index (χ0n) is 9.58. The molecule has 18 heavy (non-hydrogen) atoms. The van der Waals surface area contributed by atoms with E-state index in [9.17, 15) is 13.6 Å².